The number of non-ortho nitro benzene ring substituents is 1. The standard InChI is InChI=1S/C29H31N5O9/c1-5-41-24-13-18(27-26(28(36)40-4)17(3)31-29(37)32-27)6-10-23(24)42-15-25(35)33-30-14-20-8-11-22(43-20)21-9-7-19(34(38)39)12-16(21)2/h6-14,25,27,33,35H,5,15H2,1-4H3,(H2,31,32,37)/b30-14+/t25-,27-/m1/s1. The number of benzene rings is 2. The molecule has 0 fully saturated rings. The van der Waals surface area contributed by atoms with E-state index in [-0.39, 0.29) is 17.9 Å². The third-order valence-electron chi connectivity index (χ3n) is 6.40. The summed E-state index contributed by atoms with van der Waals surface area (Å²) in [6, 6.07) is 11.6. The van der Waals surface area contributed by atoms with Crippen molar-refractivity contribution in [1.82, 2.24) is 16.1 Å². The lowest BCUT2D eigenvalue weighted by atomic mass is 9.95. The summed E-state index contributed by atoms with van der Waals surface area (Å²) in [6.07, 6.45) is 0.173. The molecule has 0 radical (unpaired) electrons. The molecule has 0 unspecified atom stereocenters. The summed E-state index contributed by atoms with van der Waals surface area (Å²) in [5.74, 6) is 0.983. The first-order valence-corrected chi connectivity index (χ1v) is 13.2. The molecule has 2 heterocycles. The summed E-state index contributed by atoms with van der Waals surface area (Å²) in [5, 5.41) is 30.6. The second-order valence-electron chi connectivity index (χ2n) is 9.37. The Morgan fingerprint density at radius 2 is 1.98 bits per heavy atom. The zero-order chi connectivity index (χ0) is 31.1. The summed E-state index contributed by atoms with van der Waals surface area (Å²) < 4.78 is 22.1. The highest BCUT2D eigenvalue weighted by Gasteiger charge is 2.32. The molecule has 4 rings (SSSR count). The minimum Gasteiger partial charge on any atom is -0.490 e. The largest absolute Gasteiger partial charge is 0.490 e. The van der Waals surface area contributed by atoms with Crippen molar-refractivity contribution < 1.29 is 38.2 Å². The van der Waals surface area contributed by atoms with Crippen molar-refractivity contribution >= 4 is 23.9 Å². The molecule has 4 N–H and O–H groups in total. The summed E-state index contributed by atoms with van der Waals surface area (Å²) in [5.41, 5.74) is 5.13. The van der Waals surface area contributed by atoms with Crippen molar-refractivity contribution in [3.8, 4) is 22.8 Å². The Balaban J connectivity index is 1.39. The number of aliphatic hydroxyl groups excluding tert-OH is 1. The number of urea groups is 1. The van der Waals surface area contributed by atoms with Crippen LogP contribution in [0.2, 0.25) is 0 Å². The molecule has 14 heteroatoms. The van der Waals surface area contributed by atoms with E-state index in [0.717, 1.165) is 0 Å². The second-order valence-corrected chi connectivity index (χ2v) is 9.37. The number of nitro groups is 1. The predicted molar refractivity (Wildman–Crippen MR) is 155 cm³/mol. The van der Waals surface area contributed by atoms with Crippen LogP contribution in [-0.2, 0) is 9.53 Å². The Morgan fingerprint density at radius 1 is 1.19 bits per heavy atom. The van der Waals surface area contributed by atoms with Crippen LogP contribution in [0.1, 0.15) is 36.8 Å². The van der Waals surface area contributed by atoms with E-state index in [1.54, 1.807) is 57.2 Å². The molecule has 1 aliphatic rings. The summed E-state index contributed by atoms with van der Waals surface area (Å²) in [7, 11) is 1.26. The van der Waals surface area contributed by atoms with Crippen molar-refractivity contribution in [2.45, 2.75) is 33.0 Å². The van der Waals surface area contributed by atoms with Crippen LogP contribution in [0.5, 0.6) is 11.5 Å². The number of allylic oxidation sites excluding steroid dienone is 1. The number of methoxy groups -OCH3 is 1. The lowest BCUT2D eigenvalue weighted by molar-refractivity contribution is -0.384. The van der Waals surface area contributed by atoms with Crippen LogP contribution >= 0.6 is 0 Å². The lowest BCUT2D eigenvalue weighted by Crippen LogP contribution is -2.45. The molecule has 2 aromatic carbocycles. The third kappa shape index (κ3) is 7.29. The number of nitro benzene ring substituents is 1. The van der Waals surface area contributed by atoms with Crippen LogP contribution in [0, 0.1) is 17.0 Å². The average Bonchev–Trinajstić information content (AvgIpc) is 3.44. The van der Waals surface area contributed by atoms with Crippen LogP contribution in [0.4, 0.5) is 10.5 Å². The number of aryl methyl sites for hydroxylation is 1. The summed E-state index contributed by atoms with van der Waals surface area (Å²) in [6.45, 7) is 5.27. The number of nitrogens with one attached hydrogen (secondary N) is 3. The van der Waals surface area contributed by atoms with Gasteiger partial charge in [0.05, 0.1) is 36.5 Å². The molecule has 3 aromatic rings. The quantitative estimate of drug-likeness (QED) is 0.0793. The van der Waals surface area contributed by atoms with Gasteiger partial charge in [-0.15, -0.1) is 0 Å². The molecule has 226 valence electrons. The molecule has 0 aliphatic carbocycles. The Kier molecular flexibility index (Phi) is 9.62. The number of amides is 2. The zero-order valence-corrected chi connectivity index (χ0v) is 23.9. The van der Waals surface area contributed by atoms with Gasteiger partial charge in [0.2, 0.25) is 0 Å². The van der Waals surface area contributed by atoms with Gasteiger partial charge in [0.15, 0.2) is 17.7 Å². The van der Waals surface area contributed by atoms with Crippen molar-refractivity contribution in [1.29, 1.82) is 0 Å². The smallest absolute Gasteiger partial charge is 0.337 e. The number of hydrogen-bond acceptors (Lipinski definition) is 11. The summed E-state index contributed by atoms with van der Waals surface area (Å²) in [4.78, 5) is 35.1. The number of esters is 1. The highest BCUT2D eigenvalue weighted by atomic mass is 16.6. The summed E-state index contributed by atoms with van der Waals surface area (Å²) >= 11 is 0. The topological polar surface area (TPSA) is 187 Å². The van der Waals surface area contributed by atoms with Gasteiger partial charge in [0.1, 0.15) is 18.1 Å². The molecule has 1 aromatic heterocycles. The molecule has 2 atom stereocenters. The van der Waals surface area contributed by atoms with E-state index < -0.39 is 29.2 Å². The minimum atomic E-state index is -1.20. The molecule has 1 aliphatic heterocycles. The van der Waals surface area contributed by atoms with E-state index in [1.165, 1.54) is 25.5 Å². The number of nitrogens with zero attached hydrogens (tertiary/aromatic N) is 2. The molecule has 0 saturated carbocycles. The normalized spacial score (nSPS) is 15.5. The van der Waals surface area contributed by atoms with Crippen molar-refractivity contribution in [2.24, 2.45) is 5.10 Å². The van der Waals surface area contributed by atoms with E-state index in [2.05, 4.69) is 21.2 Å². The second kappa shape index (κ2) is 13.5. The third-order valence-corrected chi connectivity index (χ3v) is 6.40. The maximum atomic E-state index is 12.4. The molecule has 0 bridgehead atoms. The monoisotopic (exact) mass is 593 g/mol. The Bertz CT molecular complexity index is 1580. The maximum absolute atomic E-state index is 12.4. The number of hydrogen-bond donors (Lipinski definition) is 4. The molecule has 43 heavy (non-hydrogen) atoms. The van der Waals surface area contributed by atoms with Gasteiger partial charge in [-0.25, -0.2) is 9.59 Å². The number of aliphatic hydroxyl groups is 1. The Labute approximate surface area is 246 Å². The van der Waals surface area contributed by atoms with E-state index in [4.69, 9.17) is 18.6 Å². The first kappa shape index (κ1) is 30.6. The number of carbonyl (C=O) groups is 2. The molecule has 2 amide bonds. The first-order chi connectivity index (χ1) is 20.6. The van der Waals surface area contributed by atoms with Gasteiger partial charge in [-0.3, -0.25) is 15.5 Å². The lowest BCUT2D eigenvalue weighted by Gasteiger charge is -2.28. The zero-order valence-electron chi connectivity index (χ0n) is 23.9. The highest BCUT2D eigenvalue weighted by Crippen LogP contribution is 2.35. The number of rotatable bonds is 12. The van der Waals surface area contributed by atoms with Gasteiger partial charge in [-0.2, -0.15) is 5.10 Å². The van der Waals surface area contributed by atoms with Crippen LogP contribution in [0.3, 0.4) is 0 Å². The molecule has 0 spiro atoms. The number of furan rings is 1. The first-order valence-electron chi connectivity index (χ1n) is 13.2. The van der Waals surface area contributed by atoms with Crippen LogP contribution in [0.25, 0.3) is 11.3 Å². The molecule has 14 nitrogen and oxygen atoms in total. The van der Waals surface area contributed by atoms with Crippen molar-refractivity contribution in [3.63, 3.8) is 0 Å². The van der Waals surface area contributed by atoms with Crippen LogP contribution in [-0.4, -0.2) is 54.8 Å². The highest BCUT2D eigenvalue weighted by molar-refractivity contribution is 5.95. The van der Waals surface area contributed by atoms with E-state index >= 15 is 0 Å². The van der Waals surface area contributed by atoms with Crippen molar-refractivity contribution in [2.75, 3.05) is 20.3 Å². The molecule has 0 saturated heterocycles. The van der Waals surface area contributed by atoms with Crippen LogP contribution in [0.15, 0.2) is 69.3 Å². The minimum absolute atomic E-state index is 0.00507. The number of hydrazone groups is 1. The number of ether oxygens (including phenoxy) is 3. The van der Waals surface area contributed by atoms with Gasteiger partial charge in [0, 0.05) is 23.4 Å². The SMILES string of the molecule is CCOc1cc([C@H]2NC(=O)NC(C)=C2C(=O)OC)ccc1OC[C@@H](O)N/N=C/c1ccc(-c2ccc([N+](=O)[O-])cc2C)o1. The predicted octanol–water partition coefficient (Wildman–Crippen LogP) is 3.68. The fraction of sp³-hybridized carbons (Fsp3) is 0.276. The van der Waals surface area contributed by atoms with Crippen LogP contribution < -0.4 is 25.5 Å². The van der Waals surface area contributed by atoms with E-state index in [9.17, 15) is 24.8 Å². The Morgan fingerprint density at radius 3 is 2.67 bits per heavy atom. The maximum Gasteiger partial charge on any atom is 0.337 e. The fourth-order valence-corrected chi connectivity index (χ4v) is 4.41. The average molecular weight is 594 g/mol. The molecular formula is C29H31N5O9. The number of carbonyl (C=O) groups excluding carboxylic acids is 2. The van der Waals surface area contributed by atoms with Gasteiger partial charge in [-0.05, 0) is 62.2 Å². The van der Waals surface area contributed by atoms with Gasteiger partial charge in [0.25, 0.3) is 5.69 Å². The van der Waals surface area contributed by atoms with Crippen molar-refractivity contribution in [3.05, 3.63) is 86.8 Å². The Hall–Kier alpha value is -5.37. The van der Waals surface area contributed by atoms with E-state index in [0.29, 0.717) is 52.0 Å². The molecular weight excluding hydrogens is 562 g/mol. The fourth-order valence-electron chi connectivity index (χ4n) is 4.41. The van der Waals surface area contributed by atoms with Gasteiger partial charge >= 0.3 is 12.0 Å². The van der Waals surface area contributed by atoms with Gasteiger partial charge < -0.3 is 34.4 Å². The van der Waals surface area contributed by atoms with E-state index in [1.807, 2.05) is 0 Å². The van der Waals surface area contributed by atoms with Gasteiger partial charge in [-0.1, -0.05) is 6.07 Å².